The summed E-state index contributed by atoms with van der Waals surface area (Å²) in [6, 6.07) is 15.8. The first-order chi connectivity index (χ1) is 12.2. The highest BCUT2D eigenvalue weighted by molar-refractivity contribution is 7.98. The largest absolute Gasteiger partial charge is 0.301 e. The first-order valence-electron chi connectivity index (χ1n) is 7.61. The van der Waals surface area contributed by atoms with Gasteiger partial charge in [0, 0.05) is 5.75 Å². The average molecular weight is 352 g/mol. The van der Waals surface area contributed by atoms with Crippen LogP contribution in [0.15, 0.2) is 70.7 Å². The number of rotatable bonds is 4. The molecule has 124 valence electrons. The summed E-state index contributed by atoms with van der Waals surface area (Å²) in [6.45, 7) is 0. The molecule has 0 aliphatic heterocycles. The molecular weight excluding hydrogens is 339 g/mol. The van der Waals surface area contributed by atoms with Crippen LogP contribution in [0.2, 0.25) is 0 Å². The first kappa shape index (κ1) is 15.6. The number of hydrogen-bond acceptors (Lipinski definition) is 4. The van der Waals surface area contributed by atoms with Gasteiger partial charge in [-0.1, -0.05) is 42.1 Å². The van der Waals surface area contributed by atoms with Crippen LogP contribution >= 0.6 is 11.8 Å². The molecule has 0 aliphatic rings. The summed E-state index contributed by atoms with van der Waals surface area (Å²) in [7, 11) is 0. The van der Waals surface area contributed by atoms with Crippen LogP contribution in [0.4, 0.5) is 4.39 Å². The summed E-state index contributed by atoms with van der Waals surface area (Å²) >= 11 is 1.39. The molecule has 0 aliphatic carbocycles. The Morgan fingerprint density at radius 3 is 2.60 bits per heavy atom. The van der Waals surface area contributed by atoms with Crippen molar-refractivity contribution < 1.29 is 4.39 Å². The van der Waals surface area contributed by atoms with E-state index in [-0.39, 0.29) is 11.4 Å². The Balaban J connectivity index is 1.68. The van der Waals surface area contributed by atoms with Gasteiger partial charge in [0.2, 0.25) is 0 Å². The minimum absolute atomic E-state index is 0.228. The lowest BCUT2D eigenvalue weighted by molar-refractivity contribution is 0.627. The number of thioether (sulfide) groups is 1. The molecule has 0 unspecified atom stereocenters. The smallest absolute Gasteiger partial charge is 0.262 e. The third-order valence-electron chi connectivity index (χ3n) is 3.71. The molecule has 4 rings (SSSR count). The van der Waals surface area contributed by atoms with Crippen LogP contribution in [0, 0.1) is 5.82 Å². The van der Waals surface area contributed by atoms with Gasteiger partial charge in [-0.05, 0) is 29.8 Å². The summed E-state index contributed by atoms with van der Waals surface area (Å²) in [4.78, 5) is 19.6. The van der Waals surface area contributed by atoms with Crippen LogP contribution in [0.25, 0.3) is 16.7 Å². The zero-order valence-corrected chi connectivity index (χ0v) is 13.8. The maximum atomic E-state index is 13.0. The highest BCUT2D eigenvalue weighted by Gasteiger charge is 2.11. The molecule has 7 heteroatoms. The highest BCUT2D eigenvalue weighted by atomic mass is 32.2. The molecular formula is C18H13FN4OS. The minimum Gasteiger partial charge on any atom is -0.301 e. The fraction of sp³-hybridized carbons (Fsp3) is 0.0556. The van der Waals surface area contributed by atoms with E-state index in [9.17, 15) is 9.18 Å². The molecule has 1 N–H and O–H groups in total. The topological polar surface area (TPSA) is 63.6 Å². The van der Waals surface area contributed by atoms with Crippen LogP contribution in [-0.2, 0) is 5.75 Å². The molecule has 0 radical (unpaired) electrons. The molecule has 0 bridgehead atoms. The number of H-pyrrole nitrogens is 1. The Bertz CT molecular complexity index is 1070. The fourth-order valence-corrected chi connectivity index (χ4v) is 3.27. The number of nitrogens with one attached hydrogen (secondary N) is 1. The van der Waals surface area contributed by atoms with Crippen molar-refractivity contribution in [2.75, 3.05) is 0 Å². The molecule has 2 aromatic carbocycles. The molecule has 0 fully saturated rings. The van der Waals surface area contributed by atoms with Crippen molar-refractivity contribution in [3.63, 3.8) is 0 Å². The maximum absolute atomic E-state index is 13.0. The second-order valence-corrected chi connectivity index (χ2v) is 6.38. The van der Waals surface area contributed by atoms with Crippen molar-refractivity contribution in [1.82, 2.24) is 19.7 Å². The highest BCUT2D eigenvalue weighted by Crippen LogP contribution is 2.21. The number of hydrogen-bond donors (Lipinski definition) is 1. The van der Waals surface area contributed by atoms with Gasteiger partial charge in [-0.25, -0.2) is 14.1 Å². The van der Waals surface area contributed by atoms with Crippen LogP contribution < -0.4 is 5.56 Å². The molecule has 5 nitrogen and oxygen atoms in total. The van der Waals surface area contributed by atoms with E-state index in [0.717, 1.165) is 11.3 Å². The van der Waals surface area contributed by atoms with Gasteiger partial charge in [0.25, 0.3) is 5.56 Å². The molecule has 2 heterocycles. The number of aromatic amines is 1. The van der Waals surface area contributed by atoms with Gasteiger partial charge in [0.1, 0.15) is 11.2 Å². The Kier molecular flexibility index (Phi) is 4.07. The van der Waals surface area contributed by atoms with Gasteiger partial charge in [-0.15, -0.1) is 0 Å². The van der Waals surface area contributed by atoms with Crippen molar-refractivity contribution in [2.45, 2.75) is 10.9 Å². The van der Waals surface area contributed by atoms with Crippen molar-refractivity contribution in [3.05, 3.63) is 82.5 Å². The summed E-state index contributed by atoms with van der Waals surface area (Å²) in [5, 5.41) is 5.22. The predicted molar refractivity (Wildman–Crippen MR) is 95.4 cm³/mol. The van der Waals surface area contributed by atoms with Crippen LogP contribution in [0.5, 0.6) is 0 Å². The Hall–Kier alpha value is -2.93. The van der Waals surface area contributed by atoms with Gasteiger partial charge in [-0.2, -0.15) is 5.10 Å². The number of para-hydroxylation sites is 1. The monoisotopic (exact) mass is 352 g/mol. The molecule has 0 saturated heterocycles. The standard InChI is InChI=1S/C18H13FN4OS/c19-13-8-6-12(7-9-13)11-25-18-21-16-15(17(24)22-18)10-20-23(16)14-4-2-1-3-5-14/h1-10H,11H2,(H,21,22,24). The summed E-state index contributed by atoms with van der Waals surface area (Å²) in [5.41, 5.74) is 2.07. The van der Waals surface area contributed by atoms with Gasteiger partial charge < -0.3 is 4.98 Å². The predicted octanol–water partition coefficient (Wildman–Crippen LogP) is 3.54. The number of nitrogens with zero attached hydrogens (tertiary/aromatic N) is 3. The van der Waals surface area contributed by atoms with E-state index in [1.54, 1.807) is 16.8 Å². The number of benzene rings is 2. The molecule has 0 amide bonds. The molecule has 0 atom stereocenters. The normalized spacial score (nSPS) is 11.1. The fourth-order valence-electron chi connectivity index (χ4n) is 2.46. The van der Waals surface area contributed by atoms with Gasteiger partial charge in [0.05, 0.1) is 11.9 Å². The van der Waals surface area contributed by atoms with Crippen LogP contribution in [0.1, 0.15) is 5.56 Å². The first-order valence-corrected chi connectivity index (χ1v) is 8.60. The Morgan fingerprint density at radius 1 is 1.08 bits per heavy atom. The van der Waals surface area contributed by atoms with Gasteiger partial charge in [-0.3, -0.25) is 4.79 Å². The second kappa shape index (κ2) is 6.52. The van der Waals surface area contributed by atoms with E-state index in [1.165, 1.54) is 30.1 Å². The van der Waals surface area contributed by atoms with E-state index in [0.29, 0.717) is 21.9 Å². The van der Waals surface area contributed by atoms with Gasteiger partial charge in [0.15, 0.2) is 10.8 Å². The van der Waals surface area contributed by atoms with Crippen molar-refractivity contribution in [3.8, 4) is 5.69 Å². The van der Waals surface area contributed by atoms with Crippen LogP contribution in [-0.4, -0.2) is 19.7 Å². The van der Waals surface area contributed by atoms with Crippen LogP contribution in [0.3, 0.4) is 0 Å². The third-order valence-corrected chi connectivity index (χ3v) is 4.65. The number of aromatic nitrogens is 4. The maximum Gasteiger partial charge on any atom is 0.262 e. The van der Waals surface area contributed by atoms with Crippen molar-refractivity contribution >= 4 is 22.8 Å². The lowest BCUT2D eigenvalue weighted by Gasteiger charge is -2.04. The van der Waals surface area contributed by atoms with Crippen molar-refractivity contribution in [1.29, 1.82) is 0 Å². The lowest BCUT2D eigenvalue weighted by Crippen LogP contribution is -2.09. The van der Waals surface area contributed by atoms with E-state index in [4.69, 9.17) is 0 Å². The summed E-state index contributed by atoms with van der Waals surface area (Å²) in [6.07, 6.45) is 1.52. The molecule has 25 heavy (non-hydrogen) atoms. The zero-order chi connectivity index (χ0) is 17.2. The zero-order valence-electron chi connectivity index (χ0n) is 13.0. The molecule has 0 spiro atoms. The van der Waals surface area contributed by atoms with E-state index in [1.807, 2.05) is 30.3 Å². The minimum atomic E-state index is -0.270. The number of fused-ring (bicyclic) bond motifs is 1. The third kappa shape index (κ3) is 3.18. The van der Waals surface area contributed by atoms with E-state index >= 15 is 0 Å². The quantitative estimate of drug-likeness (QED) is 0.451. The average Bonchev–Trinajstić information content (AvgIpc) is 3.06. The lowest BCUT2D eigenvalue weighted by atomic mass is 10.2. The van der Waals surface area contributed by atoms with Gasteiger partial charge >= 0.3 is 0 Å². The molecule has 0 saturated carbocycles. The number of halogens is 1. The van der Waals surface area contributed by atoms with Crippen molar-refractivity contribution in [2.24, 2.45) is 0 Å². The summed E-state index contributed by atoms with van der Waals surface area (Å²) < 4.78 is 14.6. The Morgan fingerprint density at radius 2 is 1.84 bits per heavy atom. The Labute approximate surface area is 146 Å². The van der Waals surface area contributed by atoms with E-state index < -0.39 is 0 Å². The second-order valence-electron chi connectivity index (χ2n) is 5.42. The molecule has 4 aromatic rings. The SMILES string of the molecule is O=c1[nH]c(SCc2ccc(F)cc2)nc2c1cnn2-c1ccccc1. The van der Waals surface area contributed by atoms with E-state index in [2.05, 4.69) is 15.1 Å². The summed E-state index contributed by atoms with van der Waals surface area (Å²) in [5.74, 6) is 0.308. The molecule has 2 aromatic heterocycles.